The Labute approximate surface area is 197 Å². The summed E-state index contributed by atoms with van der Waals surface area (Å²) in [6.45, 7) is 3.95. The number of piperidine rings is 1. The quantitative estimate of drug-likeness (QED) is 0.611. The van der Waals surface area contributed by atoms with Crippen molar-refractivity contribution in [1.82, 2.24) is 5.32 Å². The maximum Gasteiger partial charge on any atom is 0.407 e. The first-order valence-electron chi connectivity index (χ1n) is 12.5. The second-order valence-corrected chi connectivity index (χ2v) is 11.0. The van der Waals surface area contributed by atoms with Crippen molar-refractivity contribution in [3.05, 3.63) is 65.7 Å². The third-order valence-corrected chi connectivity index (χ3v) is 8.37. The number of rotatable bonds is 6. The summed E-state index contributed by atoms with van der Waals surface area (Å²) in [5, 5.41) is 13.4. The van der Waals surface area contributed by atoms with Gasteiger partial charge >= 0.3 is 6.09 Å². The Balaban J connectivity index is 1.30. The molecule has 33 heavy (non-hydrogen) atoms. The Bertz CT molecular complexity index is 976. The van der Waals surface area contributed by atoms with Crippen LogP contribution in [-0.2, 0) is 16.8 Å². The largest absolute Gasteiger partial charge is 0.508 e. The van der Waals surface area contributed by atoms with Crippen LogP contribution in [0.1, 0.15) is 49.7 Å². The van der Waals surface area contributed by atoms with Crippen LogP contribution in [0.4, 0.5) is 4.79 Å². The van der Waals surface area contributed by atoms with Crippen LogP contribution in [0.3, 0.4) is 0 Å². The van der Waals surface area contributed by atoms with E-state index in [-0.39, 0.29) is 24.2 Å². The van der Waals surface area contributed by atoms with E-state index in [4.69, 9.17) is 4.74 Å². The van der Waals surface area contributed by atoms with Crippen LogP contribution in [0.2, 0.25) is 0 Å². The van der Waals surface area contributed by atoms with Crippen molar-refractivity contribution >= 4 is 6.09 Å². The number of phenolic OH excluding ortho intramolecular Hbond substituents is 1. The van der Waals surface area contributed by atoms with Crippen molar-refractivity contribution in [2.24, 2.45) is 11.8 Å². The lowest BCUT2D eigenvalue weighted by molar-refractivity contribution is -0.921. The highest BCUT2D eigenvalue weighted by Gasteiger charge is 2.53. The first-order valence-corrected chi connectivity index (χ1v) is 12.5. The van der Waals surface area contributed by atoms with Gasteiger partial charge in [-0.2, -0.15) is 0 Å². The Morgan fingerprint density at radius 1 is 1.12 bits per heavy atom. The maximum absolute atomic E-state index is 12.6. The van der Waals surface area contributed by atoms with Gasteiger partial charge in [0.05, 0.1) is 26.7 Å². The molecule has 1 aliphatic heterocycles. The third kappa shape index (κ3) is 5.03. The van der Waals surface area contributed by atoms with E-state index in [1.165, 1.54) is 36.0 Å². The molecule has 2 aromatic rings. The molecule has 2 N–H and O–H groups in total. The number of nitrogens with one attached hydrogen (secondary N) is 1. The monoisotopic (exact) mass is 449 g/mol. The molecule has 1 unspecified atom stereocenters. The Kier molecular flexibility index (Phi) is 6.09. The number of fused-ring (bicyclic) bond motifs is 1. The van der Waals surface area contributed by atoms with E-state index in [1.807, 2.05) is 42.5 Å². The van der Waals surface area contributed by atoms with Gasteiger partial charge in [0.25, 0.3) is 0 Å². The number of benzene rings is 2. The molecule has 1 saturated heterocycles. The lowest BCUT2D eigenvalue weighted by Crippen LogP contribution is -2.62. The van der Waals surface area contributed by atoms with Gasteiger partial charge in [0, 0.05) is 29.7 Å². The molecule has 176 valence electrons. The van der Waals surface area contributed by atoms with E-state index in [0.29, 0.717) is 11.7 Å². The van der Waals surface area contributed by atoms with Crippen LogP contribution in [0.5, 0.6) is 5.75 Å². The molecule has 2 aliphatic carbocycles. The Morgan fingerprint density at radius 2 is 1.94 bits per heavy atom. The molecule has 5 heteroatoms. The SMILES string of the molecule is C[N@+]1(CC2CC2)CC[C@@]2(c3cccc(O)c3)C[C@@H](NC(=O)OCc3ccccc3)CCC2C1. The molecule has 0 bridgehead atoms. The topological polar surface area (TPSA) is 58.6 Å². The minimum atomic E-state index is -0.335. The highest BCUT2D eigenvalue weighted by atomic mass is 16.5. The van der Waals surface area contributed by atoms with Gasteiger partial charge in [0.2, 0.25) is 0 Å². The first kappa shape index (κ1) is 22.3. The van der Waals surface area contributed by atoms with Gasteiger partial charge in [-0.1, -0.05) is 42.5 Å². The number of carbonyl (C=O) groups is 1. The number of aromatic hydroxyl groups is 1. The second kappa shape index (κ2) is 9.02. The van der Waals surface area contributed by atoms with Crippen molar-refractivity contribution in [2.75, 3.05) is 26.7 Å². The number of ether oxygens (including phenoxy) is 1. The van der Waals surface area contributed by atoms with Gasteiger partial charge in [0.1, 0.15) is 12.4 Å². The fourth-order valence-corrected chi connectivity index (χ4v) is 6.51. The summed E-state index contributed by atoms with van der Waals surface area (Å²) in [6.07, 6.45) is 6.54. The fraction of sp³-hybridized carbons (Fsp3) is 0.536. The molecule has 0 aromatic heterocycles. The maximum atomic E-state index is 12.6. The minimum absolute atomic E-state index is 0.00429. The second-order valence-electron chi connectivity index (χ2n) is 11.0. The van der Waals surface area contributed by atoms with Gasteiger partial charge in [0.15, 0.2) is 0 Å². The van der Waals surface area contributed by atoms with E-state index in [1.54, 1.807) is 6.07 Å². The molecular formula is C28H37N2O3+. The summed E-state index contributed by atoms with van der Waals surface area (Å²) >= 11 is 0. The van der Waals surface area contributed by atoms with Crippen LogP contribution >= 0.6 is 0 Å². The van der Waals surface area contributed by atoms with E-state index in [0.717, 1.165) is 43.7 Å². The van der Waals surface area contributed by atoms with Crippen LogP contribution in [0.25, 0.3) is 0 Å². The van der Waals surface area contributed by atoms with E-state index >= 15 is 0 Å². The summed E-state index contributed by atoms with van der Waals surface area (Å²) in [7, 11) is 2.44. The van der Waals surface area contributed by atoms with Gasteiger partial charge in [-0.05, 0) is 55.4 Å². The predicted octanol–water partition coefficient (Wildman–Crippen LogP) is 4.99. The van der Waals surface area contributed by atoms with Crippen molar-refractivity contribution in [3.63, 3.8) is 0 Å². The Hall–Kier alpha value is -2.53. The number of nitrogens with zero attached hydrogens (tertiary/aromatic N) is 1. The van der Waals surface area contributed by atoms with Crippen molar-refractivity contribution in [2.45, 2.75) is 56.6 Å². The summed E-state index contributed by atoms with van der Waals surface area (Å²) in [4.78, 5) is 12.6. The summed E-state index contributed by atoms with van der Waals surface area (Å²) < 4.78 is 6.69. The highest BCUT2D eigenvalue weighted by molar-refractivity contribution is 5.67. The van der Waals surface area contributed by atoms with Crippen LogP contribution in [0.15, 0.2) is 54.6 Å². The van der Waals surface area contributed by atoms with Gasteiger partial charge in [-0.25, -0.2) is 4.79 Å². The van der Waals surface area contributed by atoms with E-state index in [9.17, 15) is 9.90 Å². The molecule has 2 saturated carbocycles. The number of quaternary nitrogens is 1. The molecule has 3 fully saturated rings. The summed E-state index contributed by atoms with van der Waals surface area (Å²) in [5.74, 6) is 1.81. The zero-order valence-electron chi connectivity index (χ0n) is 19.7. The smallest absolute Gasteiger partial charge is 0.407 e. The highest BCUT2D eigenvalue weighted by Crippen LogP contribution is 2.51. The van der Waals surface area contributed by atoms with Crippen molar-refractivity contribution in [3.8, 4) is 5.75 Å². The number of alkyl carbamates (subject to hydrolysis) is 1. The standard InChI is InChI=1S/C28H36N2O3/c1-30(18-21-10-11-21)15-14-28(23-8-5-9-26(31)16-23)17-25(13-12-24(28)19-30)29-27(32)33-20-22-6-3-2-4-7-22/h2-9,16,21,24-25H,10-15,17-20H2,1H3,(H-,29,31,32)/p+1/t24?,25-,28-,30+/m0/s1. The normalized spacial score (nSPS) is 31.4. The number of phenols is 1. The molecule has 2 aromatic carbocycles. The van der Waals surface area contributed by atoms with Crippen LogP contribution < -0.4 is 5.32 Å². The molecule has 3 aliphatic rings. The van der Waals surface area contributed by atoms with E-state index in [2.05, 4.69) is 18.4 Å². The van der Waals surface area contributed by atoms with Gasteiger partial charge in [-0.15, -0.1) is 0 Å². The zero-order chi connectivity index (χ0) is 22.9. The number of hydrogen-bond acceptors (Lipinski definition) is 3. The molecule has 4 atom stereocenters. The van der Waals surface area contributed by atoms with E-state index < -0.39 is 0 Å². The molecule has 5 nitrogen and oxygen atoms in total. The van der Waals surface area contributed by atoms with Crippen LogP contribution in [0, 0.1) is 11.8 Å². The lowest BCUT2D eigenvalue weighted by Gasteiger charge is -2.55. The minimum Gasteiger partial charge on any atom is -0.508 e. The lowest BCUT2D eigenvalue weighted by atomic mass is 9.57. The molecule has 0 radical (unpaired) electrons. The predicted molar refractivity (Wildman–Crippen MR) is 129 cm³/mol. The fourth-order valence-electron chi connectivity index (χ4n) is 6.51. The summed E-state index contributed by atoms with van der Waals surface area (Å²) in [5.41, 5.74) is 2.22. The van der Waals surface area contributed by atoms with Gasteiger partial charge in [-0.3, -0.25) is 0 Å². The molecule has 1 amide bonds. The number of carbonyl (C=O) groups excluding carboxylic acids is 1. The number of likely N-dealkylation sites (tertiary alicyclic amines) is 1. The molecular weight excluding hydrogens is 412 g/mol. The Morgan fingerprint density at radius 3 is 2.70 bits per heavy atom. The average Bonchev–Trinajstić information content (AvgIpc) is 3.62. The van der Waals surface area contributed by atoms with Crippen LogP contribution in [-0.4, -0.2) is 48.4 Å². The van der Waals surface area contributed by atoms with Crippen molar-refractivity contribution < 1.29 is 19.1 Å². The zero-order valence-corrected chi connectivity index (χ0v) is 19.7. The third-order valence-electron chi connectivity index (χ3n) is 8.37. The average molecular weight is 450 g/mol. The number of hydrogen-bond donors (Lipinski definition) is 2. The molecule has 1 heterocycles. The molecule has 0 spiro atoms. The number of amides is 1. The molecule has 5 rings (SSSR count). The summed E-state index contributed by atoms with van der Waals surface area (Å²) in [6, 6.07) is 17.7. The first-order chi connectivity index (χ1) is 15.9. The van der Waals surface area contributed by atoms with Gasteiger partial charge < -0.3 is 19.6 Å². The van der Waals surface area contributed by atoms with Crippen molar-refractivity contribution in [1.29, 1.82) is 0 Å².